The Kier molecular flexibility index (Phi) is 5.56. The first-order chi connectivity index (χ1) is 10.8. The summed E-state index contributed by atoms with van der Waals surface area (Å²) >= 11 is 5.80. The normalized spacial score (nSPS) is 20.9. The largest absolute Gasteiger partial charge is 0.378 e. The van der Waals surface area contributed by atoms with E-state index in [1.165, 1.54) is 10.5 Å². The molecule has 5 heteroatoms. The van der Waals surface area contributed by atoms with Gasteiger partial charge in [-0.1, -0.05) is 42.5 Å². The maximum Gasteiger partial charge on any atom is 0.115 e. The Balaban J connectivity index is 1.85. The van der Waals surface area contributed by atoms with Crippen LogP contribution in [0, 0.1) is 0 Å². The lowest BCUT2D eigenvalue weighted by Crippen LogP contribution is -3.09. The molecular weight excluding hydrogens is 296 g/mol. The summed E-state index contributed by atoms with van der Waals surface area (Å²) in [6, 6.07) is 10.5. The van der Waals surface area contributed by atoms with Crippen LogP contribution in [0.15, 0.2) is 36.5 Å². The average molecular weight is 319 g/mol. The second-order valence-corrected chi connectivity index (χ2v) is 5.99. The second-order valence-electron chi connectivity index (χ2n) is 5.60. The predicted molar refractivity (Wildman–Crippen MR) is 90.9 cm³/mol. The van der Waals surface area contributed by atoms with Crippen molar-refractivity contribution in [3.05, 3.63) is 42.1 Å². The van der Waals surface area contributed by atoms with Crippen LogP contribution < -0.4 is 4.90 Å². The standard InChI is InChI=1S/C17H22N2O2S/c22-17(19-8-12-21-13-9-19)16(15-4-2-1-3-5-15)14-18-6-10-20-11-7-18/h1-5,14H,6-13H2/p+1/b16-14-. The van der Waals surface area contributed by atoms with Gasteiger partial charge in [0, 0.05) is 13.1 Å². The maximum absolute atomic E-state index is 5.80. The van der Waals surface area contributed by atoms with Gasteiger partial charge in [-0.05, 0) is 5.56 Å². The van der Waals surface area contributed by atoms with Crippen LogP contribution in [-0.4, -0.2) is 62.5 Å². The van der Waals surface area contributed by atoms with Gasteiger partial charge >= 0.3 is 0 Å². The summed E-state index contributed by atoms with van der Waals surface area (Å²) in [6.07, 6.45) is 2.29. The number of hydrogen-bond acceptors (Lipinski definition) is 3. The summed E-state index contributed by atoms with van der Waals surface area (Å²) in [5, 5.41) is 0. The first kappa shape index (κ1) is 15.6. The highest BCUT2D eigenvalue weighted by Crippen LogP contribution is 2.18. The number of ether oxygens (including phenoxy) is 2. The molecule has 2 saturated heterocycles. The van der Waals surface area contributed by atoms with Crippen molar-refractivity contribution >= 4 is 22.8 Å². The highest BCUT2D eigenvalue weighted by Gasteiger charge is 2.21. The molecule has 0 amide bonds. The van der Waals surface area contributed by atoms with Gasteiger partial charge in [0.1, 0.15) is 24.3 Å². The van der Waals surface area contributed by atoms with Gasteiger partial charge in [0.15, 0.2) is 0 Å². The minimum Gasteiger partial charge on any atom is -0.378 e. The van der Waals surface area contributed by atoms with Crippen molar-refractivity contribution in [1.29, 1.82) is 0 Å². The second kappa shape index (κ2) is 7.83. The highest BCUT2D eigenvalue weighted by molar-refractivity contribution is 7.81. The van der Waals surface area contributed by atoms with Crippen molar-refractivity contribution < 1.29 is 14.4 Å². The van der Waals surface area contributed by atoms with Crippen LogP contribution in [0.1, 0.15) is 5.56 Å². The Morgan fingerprint density at radius 1 is 1.00 bits per heavy atom. The van der Waals surface area contributed by atoms with E-state index in [0.717, 1.165) is 63.2 Å². The zero-order valence-electron chi connectivity index (χ0n) is 12.8. The fourth-order valence-corrected chi connectivity index (χ4v) is 3.16. The van der Waals surface area contributed by atoms with Gasteiger partial charge in [0.05, 0.1) is 32.0 Å². The SMILES string of the molecule is S=C(/C(=C\[NH+]1CCOCC1)c1ccccc1)N1CCOCC1. The van der Waals surface area contributed by atoms with Gasteiger partial charge in [0.25, 0.3) is 0 Å². The Morgan fingerprint density at radius 2 is 1.64 bits per heavy atom. The predicted octanol–water partition coefficient (Wildman–Crippen LogP) is 0.602. The van der Waals surface area contributed by atoms with Crippen molar-refractivity contribution in [1.82, 2.24) is 4.90 Å². The lowest BCUT2D eigenvalue weighted by Gasteiger charge is -2.30. The van der Waals surface area contributed by atoms with E-state index in [2.05, 4.69) is 35.4 Å². The fraction of sp³-hybridized carbons (Fsp3) is 0.471. The number of quaternary nitrogens is 1. The molecule has 0 saturated carbocycles. The number of nitrogens with one attached hydrogen (secondary N) is 1. The van der Waals surface area contributed by atoms with Gasteiger partial charge in [0.2, 0.25) is 0 Å². The molecule has 2 aliphatic rings. The Hall–Kier alpha value is -1.27. The van der Waals surface area contributed by atoms with Gasteiger partial charge < -0.3 is 19.3 Å². The first-order valence-corrected chi connectivity index (χ1v) is 8.32. The average Bonchev–Trinajstić information content (AvgIpc) is 2.61. The van der Waals surface area contributed by atoms with Crippen molar-refractivity contribution in [3.8, 4) is 0 Å². The Bertz CT molecular complexity index is 521. The molecular formula is C17H23N2O2S+. The van der Waals surface area contributed by atoms with Crippen LogP contribution in [0.5, 0.6) is 0 Å². The molecule has 0 radical (unpaired) electrons. The zero-order valence-corrected chi connectivity index (χ0v) is 13.6. The lowest BCUT2D eigenvalue weighted by atomic mass is 10.1. The number of nitrogens with zero attached hydrogens (tertiary/aromatic N) is 1. The molecule has 118 valence electrons. The molecule has 3 rings (SSSR count). The van der Waals surface area contributed by atoms with Crippen molar-refractivity contribution in [2.45, 2.75) is 0 Å². The van der Waals surface area contributed by atoms with Crippen LogP contribution in [0.25, 0.3) is 5.57 Å². The van der Waals surface area contributed by atoms with E-state index < -0.39 is 0 Å². The summed E-state index contributed by atoms with van der Waals surface area (Å²) in [5.74, 6) is 0. The van der Waals surface area contributed by atoms with Crippen molar-refractivity contribution in [2.24, 2.45) is 0 Å². The third-order valence-corrected chi connectivity index (χ3v) is 4.58. The molecule has 2 fully saturated rings. The maximum atomic E-state index is 5.80. The van der Waals surface area contributed by atoms with Gasteiger partial charge in [-0.2, -0.15) is 0 Å². The molecule has 0 aromatic heterocycles. The van der Waals surface area contributed by atoms with Gasteiger partial charge in [-0.15, -0.1) is 0 Å². The van der Waals surface area contributed by atoms with E-state index in [-0.39, 0.29) is 0 Å². The fourth-order valence-electron chi connectivity index (χ4n) is 2.81. The molecule has 2 aliphatic heterocycles. The van der Waals surface area contributed by atoms with Crippen molar-refractivity contribution in [3.63, 3.8) is 0 Å². The molecule has 0 bridgehead atoms. The van der Waals surface area contributed by atoms with E-state index in [4.69, 9.17) is 21.7 Å². The Labute approximate surface area is 137 Å². The summed E-state index contributed by atoms with van der Waals surface area (Å²) in [7, 11) is 0. The van der Waals surface area contributed by atoms with Crippen LogP contribution in [0.2, 0.25) is 0 Å². The minimum absolute atomic E-state index is 0.757. The van der Waals surface area contributed by atoms with Crippen LogP contribution >= 0.6 is 12.2 Å². The zero-order chi connectivity index (χ0) is 15.2. The molecule has 0 unspecified atom stereocenters. The summed E-state index contributed by atoms with van der Waals surface area (Å²) in [5.41, 5.74) is 2.35. The number of hydrogen-bond donors (Lipinski definition) is 1. The number of thiocarbonyl (C=S) groups is 1. The highest BCUT2D eigenvalue weighted by atomic mass is 32.1. The smallest absolute Gasteiger partial charge is 0.115 e. The molecule has 0 spiro atoms. The van der Waals surface area contributed by atoms with Crippen LogP contribution in [-0.2, 0) is 9.47 Å². The molecule has 22 heavy (non-hydrogen) atoms. The monoisotopic (exact) mass is 319 g/mol. The quantitative estimate of drug-likeness (QED) is 0.652. The number of morpholine rings is 2. The van der Waals surface area contributed by atoms with E-state index in [1.807, 2.05) is 6.07 Å². The lowest BCUT2D eigenvalue weighted by molar-refractivity contribution is -0.855. The molecule has 1 N–H and O–H groups in total. The molecule has 0 atom stereocenters. The van der Waals surface area contributed by atoms with Gasteiger partial charge in [-0.3, -0.25) is 0 Å². The third kappa shape index (κ3) is 3.93. The third-order valence-electron chi connectivity index (χ3n) is 4.10. The summed E-state index contributed by atoms with van der Waals surface area (Å²) in [4.78, 5) is 4.63. The number of benzene rings is 1. The van der Waals surface area contributed by atoms with E-state index in [1.54, 1.807) is 0 Å². The molecule has 4 nitrogen and oxygen atoms in total. The van der Waals surface area contributed by atoms with E-state index in [9.17, 15) is 0 Å². The van der Waals surface area contributed by atoms with Crippen LogP contribution in [0.4, 0.5) is 0 Å². The van der Waals surface area contributed by atoms with E-state index >= 15 is 0 Å². The molecule has 1 aromatic rings. The van der Waals surface area contributed by atoms with Crippen molar-refractivity contribution in [2.75, 3.05) is 52.6 Å². The Morgan fingerprint density at radius 3 is 2.32 bits per heavy atom. The topological polar surface area (TPSA) is 26.1 Å². The minimum atomic E-state index is 0.757. The van der Waals surface area contributed by atoms with Crippen LogP contribution in [0.3, 0.4) is 0 Å². The summed E-state index contributed by atoms with van der Waals surface area (Å²) < 4.78 is 10.9. The van der Waals surface area contributed by atoms with E-state index in [0.29, 0.717) is 0 Å². The summed E-state index contributed by atoms with van der Waals surface area (Å²) in [6.45, 7) is 6.91. The molecule has 1 aromatic carbocycles. The molecule has 0 aliphatic carbocycles. The first-order valence-electron chi connectivity index (χ1n) is 7.91. The number of rotatable bonds is 3. The van der Waals surface area contributed by atoms with Gasteiger partial charge in [-0.25, -0.2) is 0 Å². The molecule has 2 heterocycles.